The second-order valence-corrected chi connectivity index (χ2v) is 8.00. The predicted octanol–water partition coefficient (Wildman–Crippen LogP) is 1.17. The van der Waals surface area contributed by atoms with E-state index in [1.165, 1.54) is 0 Å². The molecule has 1 rings (SSSR count). The number of ether oxygens (including phenoxy) is 1. The summed E-state index contributed by atoms with van der Waals surface area (Å²) in [6, 6.07) is 0. The summed E-state index contributed by atoms with van der Waals surface area (Å²) in [5.74, 6) is 0.784. The Morgan fingerprint density at radius 3 is 2.42 bits per heavy atom. The minimum Gasteiger partial charge on any atom is -0.466 e. The highest BCUT2D eigenvalue weighted by Gasteiger charge is 2.27. The maximum atomic E-state index is 11.8. The maximum Gasteiger partial charge on any atom is 0.309 e. The van der Waals surface area contributed by atoms with Gasteiger partial charge in [-0.25, -0.2) is 13.1 Å². The number of esters is 1. The van der Waals surface area contributed by atoms with Crippen LogP contribution in [0.25, 0.3) is 0 Å². The molecule has 1 aliphatic rings. The number of rotatable bonds is 9. The minimum atomic E-state index is -3.14. The quantitative estimate of drug-likeness (QED) is 0.161. The maximum absolute atomic E-state index is 11.8. The van der Waals surface area contributed by atoms with Gasteiger partial charge in [0.05, 0.1) is 18.3 Å². The van der Waals surface area contributed by atoms with Crippen molar-refractivity contribution in [3.63, 3.8) is 0 Å². The number of hydrogen-bond acceptors (Lipinski definition) is 5. The van der Waals surface area contributed by atoms with Crippen LogP contribution in [0, 0.1) is 5.92 Å². The van der Waals surface area contributed by atoms with Crippen molar-refractivity contribution in [3.05, 3.63) is 0 Å². The van der Waals surface area contributed by atoms with Crippen molar-refractivity contribution in [1.29, 1.82) is 0 Å². The van der Waals surface area contributed by atoms with E-state index in [9.17, 15) is 13.2 Å². The molecule has 10 heteroatoms. The number of carbonyl (C=O) groups excluding carboxylic acids is 1. The molecule has 0 saturated carbocycles. The molecule has 2 N–H and O–H groups in total. The summed E-state index contributed by atoms with van der Waals surface area (Å²) in [6.45, 7) is 9.10. The lowest BCUT2D eigenvalue weighted by Gasteiger charge is -2.33. The smallest absolute Gasteiger partial charge is 0.309 e. The number of nitrogens with zero attached hydrogens (tertiary/aromatic N) is 2. The van der Waals surface area contributed by atoms with Gasteiger partial charge >= 0.3 is 5.97 Å². The highest BCUT2D eigenvalue weighted by Crippen LogP contribution is 2.18. The number of carbonyl (C=O) groups is 1. The number of hydrogen-bond donors (Lipinski definition) is 2. The largest absolute Gasteiger partial charge is 0.466 e. The first kappa shape index (κ1) is 25.4. The Labute approximate surface area is 174 Å². The Morgan fingerprint density at radius 2 is 1.88 bits per heavy atom. The zero-order valence-corrected chi connectivity index (χ0v) is 19.1. The van der Waals surface area contributed by atoms with Gasteiger partial charge in [0.15, 0.2) is 5.96 Å². The predicted molar refractivity (Wildman–Crippen MR) is 114 cm³/mol. The zero-order chi connectivity index (χ0) is 18.7. The molecule has 0 amide bonds. The van der Waals surface area contributed by atoms with Crippen LogP contribution in [-0.4, -0.2) is 70.3 Å². The summed E-state index contributed by atoms with van der Waals surface area (Å²) in [7, 11) is -3.14. The zero-order valence-electron chi connectivity index (χ0n) is 16.0. The van der Waals surface area contributed by atoms with Crippen LogP contribution in [0.4, 0.5) is 0 Å². The van der Waals surface area contributed by atoms with Crippen molar-refractivity contribution in [3.8, 4) is 0 Å². The molecule has 0 aromatic heterocycles. The molecule has 1 aliphatic heterocycles. The van der Waals surface area contributed by atoms with Gasteiger partial charge in [-0.1, -0.05) is 0 Å². The van der Waals surface area contributed by atoms with Gasteiger partial charge in [-0.15, -0.1) is 24.0 Å². The van der Waals surface area contributed by atoms with E-state index < -0.39 is 10.0 Å². The fourth-order valence-corrected chi connectivity index (χ4v) is 3.27. The lowest BCUT2D eigenvalue weighted by molar-refractivity contribution is -0.149. The van der Waals surface area contributed by atoms with Gasteiger partial charge in [0.1, 0.15) is 0 Å². The average Bonchev–Trinajstić information content (AvgIpc) is 2.61. The second kappa shape index (κ2) is 13.5. The van der Waals surface area contributed by atoms with E-state index >= 15 is 0 Å². The van der Waals surface area contributed by atoms with E-state index in [2.05, 4.69) is 19.9 Å². The monoisotopic (exact) mass is 504 g/mol. The lowest BCUT2D eigenvalue weighted by Crippen LogP contribution is -2.46. The van der Waals surface area contributed by atoms with Crippen LogP contribution in [0.5, 0.6) is 0 Å². The number of sulfonamides is 1. The van der Waals surface area contributed by atoms with Crippen molar-refractivity contribution in [1.82, 2.24) is 14.9 Å². The molecule has 0 spiro atoms. The molecular weight excluding hydrogens is 471 g/mol. The summed E-state index contributed by atoms with van der Waals surface area (Å²) in [6.07, 6.45) is 2.17. The van der Waals surface area contributed by atoms with Crippen LogP contribution in [0.2, 0.25) is 0 Å². The van der Waals surface area contributed by atoms with E-state index in [0.717, 1.165) is 38.4 Å². The number of piperidine rings is 1. The molecule has 26 heavy (non-hydrogen) atoms. The molecule has 0 unspecified atom stereocenters. The van der Waals surface area contributed by atoms with E-state index in [-0.39, 0.29) is 41.6 Å². The van der Waals surface area contributed by atoms with Crippen molar-refractivity contribution in [2.24, 2.45) is 10.9 Å². The SMILES string of the molecule is CCNC(=NCCCNS(=O)(=O)CC)N1CCC(C(=O)OCC)CC1.I. The summed E-state index contributed by atoms with van der Waals surface area (Å²) >= 11 is 0. The number of nitrogens with one attached hydrogen (secondary N) is 2. The van der Waals surface area contributed by atoms with Crippen LogP contribution in [-0.2, 0) is 19.6 Å². The molecule has 0 radical (unpaired) electrons. The van der Waals surface area contributed by atoms with Crippen molar-refractivity contribution in [2.45, 2.75) is 40.0 Å². The summed E-state index contributed by atoms with van der Waals surface area (Å²) < 4.78 is 30.4. The average molecular weight is 504 g/mol. The molecule has 8 nitrogen and oxygen atoms in total. The Hall–Kier alpha value is -0.620. The van der Waals surface area contributed by atoms with Gasteiger partial charge in [-0.3, -0.25) is 9.79 Å². The van der Waals surface area contributed by atoms with Crippen molar-refractivity contribution >= 4 is 45.9 Å². The molecule has 0 bridgehead atoms. The molecule has 154 valence electrons. The molecule has 0 aliphatic carbocycles. The van der Waals surface area contributed by atoms with Gasteiger partial charge in [-0.2, -0.15) is 0 Å². The minimum absolute atomic E-state index is 0. The van der Waals surface area contributed by atoms with Crippen LogP contribution in [0.15, 0.2) is 4.99 Å². The van der Waals surface area contributed by atoms with Crippen LogP contribution in [0.3, 0.4) is 0 Å². The van der Waals surface area contributed by atoms with Crippen LogP contribution < -0.4 is 10.0 Å². The fourth-order valence-electron chi connectivity index (χ4n) is 2.61. The van der Waals surface area contributed by atoms with Gasteiger partial charge in [-0.05, 0) is 40.0 Å². The van der Waals surface area contributed by atoms with Crippen molar-refractivity contribution in [2.75, 3.05) is 45.1 Å². The molecule has 0 aromatic carbocycles. The number of aliphatic imine (C=N–C) groups is 1. The lowest BCUT2D eigenvalue weighted by atomic mass is 9.97. The van der Waals surface area contributed by atoms with E-state index in [1.807, 2.05) is 13.8 Å². The Balaban J connectivity index is 0.00000625. The first-order chi connectivity index (χ1) is 11.9. The molecule has 1 fully saturated rings. The fraction of sp³-hybridized carbons (Fsp3) is 0.875. The van der Waals surface area contributed by atoms with Gasteiger partial charge < -0.3 is 15.0 Å². The first-order valence-electron chi connectivity index (χ1n) is 9.10. The molecule has 1 heterocycles. The Morgan fingerprint density at radius 1 is 1.23 bits per heavy atom. The van der Waals surface area contributed by atoms with E-state index in [1.54, 1.807) is 6.92 Å². The van der Waals surface area contributed by atoms with Crippen LogP contribution in [0.1, 0.15) is 40.0 Å². The molecule has 1 saturated heterocycles. The van der Waals surface area contributed by atoms with Gasteiger partial charge in [0, 0.05) is 32.7 Å². The van der Waals surface area contributed by atoms with E-state index in [4.69, 9.17) is 4.74 Å². The second-order valence-electron chi connectivity index (χ2n) is 5.90. The number of guanidine groups is 1. The Kier molecular flexibility index (Phi) is 13.2. The number of likely N-dealkylation sites (tertiary alicyclic amines) is 1. The van der Waals surface area contributed by atoms with Gasteiger partial charge in [0.25, 0.3) is 0 Å². The molecule has 0 aromatic rings. The third kappa shape index (κ3) is 9.36. The Bertz CT molecular complexity index is 534. The van der Waals surface area contributed by atoms with Crippen LogP contribution >= 0.6 is 24.0 Å². The highest BCUT2D eigenvalue weighted by molar-refractivity contribution is 14.0. The van der Waals surface area contributed by atoms with Gasteiger partial charge in [0.2, 0.25) is 10.0 Å². The van der Waals surface area contributed by atoms with E-state index in [0.29, 0.717) is 26.1 Å². The third-order valence-corrected chi connectivity index (χ3v) is 5.45. The molecule has 0 atom stereocenters. The standard InChI is InChI=1S/C16H32N4O4S.HI/c1-4-17-16(18-10-7-11-19-25(22,23)6-3)20-12-8-14(9-13-20)15(21)24-5-2;/h14,19H,4-13H2,1-3H3,(H,17,18);1H. The van der Waals surface area contributed by atoms with Crippen molar-refractivity contribution < 1.29 is 17.9 Å². The normalized spacial score (nSPS) is 16.1. The molecular formula is C16H33IN4O4S. The highest BCUT2D eigenvalue weighted by atomic mass is 127. The summed E-state index contributed by atoms with van der Waals surface area (Å²) in [5.41, 5.74) is 0. The first-order valence-corrected chi connectivity index (χ1v) is 10.8. The summed E-state index contributed by atoms with van der Waals surface area (Å²) in [4.78, 5) is 18.5. The summed E-state index contributed by atoms with van der Waals surface area (Å²) in [5, 5.41) is 3.26. The topological polar surface area (TPSA) is 100 Å². The number of halogens is 1. The third-order valence-electron chi connectivity index (χ3n) is 4.05.